The van der Waals surface area contributed by atoms with Gasteiger partial charge in [0.1, 0.15) is 0 Å². The average Bonchev–Trinajstić information content (AvgIpc) is 2.75. The van der Waals surface area contributed by atoms with Crippen LogP contribution < -0.4 is 0 Å². The minimum Gasteiger partial charge on any atom is -0.0885 e. The van der Waals surface area contributed by atoms with Crippen LogP contribution in [0.4, 0.5) is 0 Å². The smallest absolute Gasteiger partial charge is 0.0351 e. The van der Waals surface area contributed by atoms with Gasteiger partial charge in [-0.25, -0.2) is 0 Å². The summed E-state index contributed by atoms with van der Waals surface area (Å²) in [6, 6.07) is 0. The van der Waals surface area contributed by atoms with Crippen molar-refractivity contribution in [3.63, 3.8) is 0 Å². The summed E-state index contributed by atoms with van der Waals surface area (Å²) in [5.74, 6) is 1.85. The summed E-state index contributed by atoms with van der Waals surface area (Å²) in [6.45, 7) is 12.8. The Morgan fingerprint density at radius 3 is 1.23 bits per heavy atom. The van der Waals surface area contributed by atoms with Crippen molar-refractivity contribution in [2.75, 3.05) is 0 Å². The van der Waals surface area contributed by atoms with E-state index in [9.17, 15) is 0 Å². The van der Waals surface area contributed by atoms with E-state index in [1.165, 1.54) is 128 Å². The van der Waals surface area contributed by atoms with Crippen molar-refractivity contribution in [3.05, 3.63) is 26.0 Å². The Kier molecular flexibility index (Phi) is 24.8. The van der Waals surface area contributed by atoms with E-state index in [-0.39, 0.29) is 0 Å². The number of hydrogen-bond donors (Lipinski definition) is 0. The molecule has 0 aliphatic heterocycles. The van der Waals surface area contributed by atoms with Gasteiger partial charge in [-0.2, -0.15) is 0 Å². The van der Waals surface area contributed by atoms with E-state index < -0.39 is 0 Å². The molecule has 0 aliphatic carbocycles. The largest absolute Gasteiger partial charge is 0.0885 e. The van der Waals surface area contributed by atoms with Gasteiger partial charge in [0, 0.05) is 0 Å². The summed E-state index contributed by atoms with van der Waals surface area (Å²) in [7, 11) is 0. The highest BCUT2D eigenvalue weighted by atomic mass is 14.1. The fourth-order valence-electron chi connectivity index (χ4n) is 4.37. The van der Waals surface area contributed by atoms with Crippen LogP contribution in [-0.2, 0) is 0 Å². The van der Waals surface area contributed by atoms with E-state index in [1.807, 2.05) is 0 Å². The Balaban J connectivity index is 3.35. The molecule has 0 heterocycles. The van der Waals surface area contributed by atoms with Crippen LogP contribution in [0.5, 0.6) is 0 Å². The van der Waals surface area contributed by atoms with Gasteiger partial charge in [-0.05, 0) is 37.5 Å². The molecule has 0 saturated heterocycles. The monoisotopic (exact) mass is 418 g/mol. The lowest BCUT2D eigenvalue weighted by molar-refractivity contribution is 0.379. The number of rotatable bonds is 24. The molecule has 2 radical (unpaired) electrons. The second-order valence-corrected chi connectivity index (χ2v) is 10.1. The minimum absolute atomic E-state index is 0.919. The zero-order valence-electron chi connectivity index (χ0n) is 21.3. The Hall–Kier alpha value is -0.260. The van der Waals surface area contributed by atoms with Gasteiger partial charge >= 0.3 is 0 Å². The quantitative estimate of drug-likeness (QED) is 0.108. The Morgan fingerprint density at radius 2 is 0.767 bits per heavy atom. The molecule has 0 spiro atoms. The molecule has 0 heteroatoms. The molecule has 0 aliphatic rings. The summed E-state index contributed by atoms with van der Waals surface area (Å²) in [4.78, 5) is 0. The van der Waals surface area contributed by atoms with Crippen molar-refractivity contribution in [2.45, 2.75) is 155 Å². The first-order valence-electron chi connectivity index (χ1n) is 13.9. The number of allylic oxidation sites excluding steroid dienone is 2. The second kappa shape index (κ2) is 25.0. The molecular formula is C30H58. The molecule has 178 valence electrons. The summed E-state index contributed by atoms with van der Waals surface area (Å²) in [5.41, 5.74) is 0. The molecule has 2 atom stereocenters. The first-order chi connectivity index (χ1) is 14.7. The highest BCUT2D eigenvalue weighted by Gasteiger charge is 2.07. The molecule has 0 aromatic carbocycles. The summed E-state index contributed by atoms with van der Waals surface area (Å²) in [6.07, 6.45) is 35.0. The maximum absolute atomic E-state index is 3.92. The number of unbranched alkanes of at least 4 members (excludes halogenated alkanes) is 15. The van der Waals surface area contributed by atoms with Crippen LogP contribution in [-0.4, -0.2) is 0 Å². The maximum Gasteiger partial charge on any atom is -0.0351 e. The normalized spacial score (nSPS) is 13.9. The van der Waals surface area contributed by atoms with Crippen LogP contribution in [0.15, 0.2) is 12.2 Å². The first kappa shape index (κ1) is 29.7. The Bertz CT molecular complexity index is 329. The van der Waals surface area contributed by atoms with Crippen molar-refractivity contribution in [1.82, 2.24) is 0 Å². The van der Waals surface area contributed by atoms with Crippen LogP contribution >= 0.6 is 0 Å². The molecule has 0 amide bonds. The fraction of sp³-hybridized carbons (Fsp3) is 0.867. The van der Waals surface area contributed by atoms with Gasteiger partial charge in [0.05, 0.1) is 0 Å². The second-order valence-electron chi connectivity index (χ2n) is 10.1. The third-order valence-corrected chi connectivity index (χ3v) is 6.70. The van der Waals surface area contributed by atoms with E-state index >= 15 is 0 Å². The predicted octanol–water partition coefficient (Wildman–Crippen LogP) is 11.1. The zero-order valence-corrected chi connectivity index (χ0v) is 21.3. The van der Waals surface area contributed by atoms with E-state index in [1.54, 1.807) is 0 Å². The van der Waals surface area contributed by atoms with Gasteiger partial charge in [-0.15, -0.1) is 0 Å². The van der Waals surface area contributed by atoms with E-state index in [2.05, 4.69) is 39.8 Å². The van der Waals surface area contributed by atoms with Crippen molar-refractivity contribution < 1.29 is 0 Å². The molecule has 2 unspecified atom stereocenters. The van der Waals surface area contributed by atoms with Crippen molar-refractivity contribution in [2.24, 2.45) is 11.8 Å². The minimum atomic E-state index is 0.919. The lowest BCUT2D eigenvalue weighted by Gasteiger charge is -2.15. The molecular weight excluding hydrogens is 360 g/mol. The third-order valence-electron chi connectivity index (χ3n) is 6.70. The molecule has 0 fully saturated rings. The fourth-order valence-corrected chi connectivity index (χ4v) is 4.37. The van der Waals surface area contributed by atoms with Crippen LogP contribution in [0.1, 0.15) is 155 Å². The molecule has 0 aromatic rings. The standard InChI is InChI=1S/C30H58/c1-5-7-9-11-13-15-17-19-21-23-25-29(3)27-28-30(4)26-24-22-20-18-16-14-12-10-8-6-2/h15,17,29-30H,1-2,5-14,16,18-28H2,3-4H3/b17-15+. The van der Waals surface area contributed by atoms with E-state index in [0.29, 0.717) is 0 Å². The molecule has 0 rings (SSSR count). The van der Waals surface area contributed by atoms with E-state index in [0.717, 1.165) is 24.7 Å². The van der Waals surface area contributed by atoms with Crippen molar-refractivity contribution in [3.8, 4) is 0 Å². The van der Waals surface area contributed by atoms with Gasteiger partial charge < -0.3 is 0 Å². The Labute approximate surface area is 193 Å². The van der Waals surface area contributed by atoms with Gasteiger partial charge in [0.2, 0.25) is 0 Å². The molecule has 0 saturated carbocycles. The number of hydrogen-bond acceptors (Lipinski definition) is 0. The molecule has 0 nitrogen and oxygen atoms in total. The van der Waals surface area contributed by atoms with Gasteiger partial charge in [0.25, 0.3) is 0 Å². The SMILES string of the molecule is [CH2]CCCCC/C=C/CCCCC(C)CCC(C)CCCCCCCCCCC[CH2]. The summed E-state index contributed by atoms with van der Waals surface area (Å²) >= 11 is 0. The zero-order chi connectivity index (χ0) is 22.1. The van der Waals surface area contributed by atoms with Crippen molar-refractivity contribution >= 4 is 0 Å². The van der Waals surface area contributed by atoms with Crippen LogP contribution in [0.3, 0.4) is 0 Å². The maximum atomic E-state index is 3.92. The molecule has 0 N–H and O–H groups in total. The summed E-state index contributed by atoms with van der Waals surface area (Å²) in [5, 5.41) is 0. The third kappa shape index (κ3) is 24.0. The average molecular weight is 419 g/mol. The van der Waals surface area contributed by atoms with Crippen molar-refractivity contribution in [1.29, 1.82) is 0 Å². The summed E-state index contributed by atoms with van der Waals surface area (Å²) < 4.78 is 0. The highest BCUT2D eigenvalue weighted by Crippen LogP contribution is 2.22. The van der Waals surface area contributed by atoms with Gasteiger partial charge in [0.15, 0.2) is 0 Å². The molecule has 0 bridgehead atoms. The molecule has 30 heavy (non-hydrogen) atoms. The molecule has 0 aromatic heterocycles. The topological polar surface area (TPSA) is 0 Å². The van der Waals surface area contributed by atoms with Crippen LogP contribution in [0.2, 0.25) is 0 Å². The predicted molar refractivity (Wildman–Crippen MR) is 140 cm³/mol. The van der Waals surface area contributed by atoms with Gasteiger partial charge in [-0.1, -0.05) is 155 Å². The first-order valence-corrected chi connectivity index (χ1v) is 13.9. The lowest BCUT2D eigenvalue weighted by Crippen LogP contribution is -2.01. The van der Waals surface area contributed by atoms with Crippen LogP contribution in [0, 0.1) is 25.7 Å². The lowest BCUT2D eigenvalue weighted by atomic mass is 9.91. The highest BCUT2D eigenvalue weighted by molar-refractivity contribution is 4.81. The van der Waals surface area contributed by atoms with Gasteiger partial charge in [-0.3, -0.25) is 0 Å². The van der Waals surface area contributed by atoms with Crippen LogP contribution in [0.25, 0.3) is 0 Å². The van der Waals surface area contributed by atoms with E-state index in [4.69, 9.17) is 0 Å². The Morgan fingerprint density at radius 1 is 0.433 bits per heavy atom.